The highest BCUT2D eigenvalue weighted by Crippen LogP contribution is 2.16. The molecule has 0 radical (unpaired) electrons. The number of hydrogen-bond acceptors (Lipinski definition) is 2. The van der Waals surface area contributed by atoms with Crippen molar-refractivity contribution in [3.8, 4) is 0 Å². The van der Waals surface area contributed by atoms with Gasteiger partial charge in [0, 0.05) is 9.77 Å². The molecule has 3 nitrogen and oxygen atoms in total. The van der Waals surface area contributed by atoms with E-state index in [0.717, 1.165) is 9.09 Å². The van der Waals surface area contributed by atoms with Crippen LogP contribution in [0.3, 0.4) is 0 Å². The number of fused-ring (bicyclic) bond motifs is 1. The summed E-state index contributed by atoms with van der Waals surface area (Å²) in [6.07, 6.45) is 3.33. The Morgan fingerprint density at radius 3 is 3.09 bits per heavy atom. The lowest BCUT2D eigenvalue weighted by Gasteiger charge is -1.91. The van der Waals surface area contributed by atoms with E-state index in [-0.39, 0.29) is 0 Å². The number of aromatic nitrogens is 3. The zero-order chi connectivity index (χ0) is 7.84. The summed E-state index contributed by atoms with van der Waals surface area (Å²) in [5.41, 5.74) is 0.846. The number of rotatable bonds is 0. The van der Waals surface area contributed by atoms with E-state index in [1.807, 2.05) is 12.3 Å². The third kappa shape index (κ3) is 1.20. The van der Waals surface area contributed by atoms with Gasteiger partial charge in [0.2, 0.25) is 0 Å². The maximum Gasteiger partial charge on any atom is 0.156 e. The van der Waals surface area contributed by atoms with Crippen molar-refractivity contribution in [3.63, 3.8) is 0 Å². The quantitative estimate of drug-likeness (QED) is 0.690. The normalized spacial score (nSPS) is 10.7. The van der Waals surface area contributed by atoms with E-state index in [1.165, 1.54) is 6.33 Å². The maximum atomic E-state index is 5.80. The van der Waals surface area contributed by atoms with Crippen LogP contribution >= 0.6 is 34.2 Å². The van der Waals surface area contributed by atoms with E-state index >= 15 is 0 Å². The van der Waals surface area contributed by atoms with Crippen molar-refractivity contribution in [1.29, 1.82) is 0 Å². The molecule has 0 aliphatic rings. The van der Waals surface area contributed by atoms with Crippen LogP contribution in [0.2, 0.25) is 5.15 Å². The van der Waals surface area contributed by atoms with Crippen LogP contribution in [0.1, 0.15) is 0 Å². The first kappa shape index (κ1) is 7.30. The fourth-order valence-corrected chi connectivity index (χ4v) is 1.61. The molecule has 2 aromatic heterocycles. The van der Waals surface area contributed by atoms with Gasteiger partial charge in [0.05, 0.1) is 0 Å². The zero-order valence-corrected chi connectivity index (χ0v) is 8.24. The second-order valence-electron chi connectivity index (χ2n) is 2.04. The molecule has 0 saturated carbocycles. The number of nitrogens with zero attached hydrogens (tertiary/aromatic N) is 3. The SMILES string of the molecule is Clc1ncnn2cc(I)cc12. The lowest BCUT2D eigenvalue weighted by Crippen LogP contribution is -1.90. The summed E-state index contributed by atoms with van der Waals surface area (Å²) in [7, 11) is 0. The highest BCUT2D eigenvalue weighted by Gasteiger charge is 2.01. The van der Waals surface area contributed by atoms with Gasteiger partial charge in [0.1, 0.15) is 11.8 Å². The van der Waals surface area contributed by atoms with Gasteiger partial charge in [0.25, 0.3) is 0 Å². The summed E-state index contributed by atoms with van der Waals surface area (Å²) in [6.45, 7) is 0. The molecule has 0 aromatic carbocycles. The topological polar surface area (TPSA) is 30.2 Å². The summed E-state index contributed by atoms with van der Waals surface area (Å²) in [5, 5.41) is 4.47. The summed E-state index contributed by atoms with van der Waals surface area (Å²) in [5.74, 6) is 0. The first-order chi connectivity index (χ1) is 5.27. The maximum absolute atomic E-state index is 5.80. The summed E-state index contributed by atoms with van der Waals surface area (Å²) >= 11 is 8.00. The molecule has 56 valence electrons. The van der Waals surface area contributed by atoms with Crippen molar-refractivity contribution < 1.29 is 0 Å². The molecule has 0 fully saturated rings. The number of hydrogen-bond donors (Lipinski definition) is 0. The third-order valence-corrected chi connectivity index (χ3v) is 2.21. The summed E-state index contributed by atoms with van der Waals surface area (Å²) in [6, 6.07) is 1.93. The Kier molecular flexibility index (Phi) is 1.72. The average Bonchev–Trinajstić information content (AvgIpc) is 2.31. The van der Waals surface area contributed by atoms with Crippen LogP contribution in [-0.2, 0) is 0 Å². The van der Waals surface area contributed by atoms with Crippen LogP contribution in [-0.4, -0.2) is 14.6 Å². The van der Waals surface area contributed by atoms with Crippen molar-refractivity contribution in [2.75, 3.05) is 0 Å². The molecule has 0 spiro atoms. The van der Waals surface area contributed by atoms with E-state index in [4.69, 9.17) is 11.6 Å². The molecular weight excluding hydrogens is 276 g/mol. The monoisotopic (exact) mass is 279 g/mol. The molecule has 2 heterocycles. The Balaban J connectivity index is 2.90. The zero-order valence-electron chi connectivity index (χ0n) is 5.33. The van der Waals surface area contributed by atoms with Crippen molar-refractivity contribution in [3.05, 3.63) is 27.3 Å². The van der Waals surface area contributed by atoms with Gasteiger partial charge >= 0.3 is 0 Å². The summed E-state index contributed by atoms with van der Waals surface area (Å²) in [4.78, 5) is 3.85. The Morgan fingerprint density at radius 2 is 2.36 bits per heavy atom. The molecular formula is C6H3ClIN3. The van der Waals surface area contributed by atoms with Crippen LogP contribution in [0.15, 0.2) is 18.6 Å². The minimum atomic E-state index is 0.489. The molecule has 0 bridgehead atoms. The van der Waals surface area contributed by atoms with Gasteiger partial charge in [0.15, 0.2) is 5.15 Å². The van der Waals surface area contributed by atoms with Crippen LogP contribution in [0.25, 0.3) is 5.52 Å². The second-order valence-corrected chi connectivity index (χ2v) is 3.64. The van der Waals surface area contributed by atoms with E-state index in [9.17, 15) is 0 Å². The van der Waals surface area contributed by atoms with Gasteiger partial charge < -0.3 is 0 Å². The molecule has 2 rings (SSSR count). The lowest BCUT2D eigenvalue weighted by molar-refractivity contribution is 0.902. The standard InChI is InChI=1S/C6H3ClIN3/c7-6-5-1-4(8)2-11(5)10-3-9-6/h1-3H. The molecule has 0 atom stereocenters. The molecule has 5 heteroatoms. The van der Waals surface area contributed by atoms with Crippen LogP contribution < -0.4 is 0 Å². The highest BCUT2D eigenvalue weighted by atomic mass is 127. The molecule has 0 aliphatic carbocycles. The van der Waals surface area contributed by atoms with Crippen molar-refractivity contribution >= 4 is 39.7 Å². The molecule has 2 aromatic rings. The van der Waals surface area contributed by atoms with Crippen LogP contribution in [0, 0.1) is 3.57 Å². The van der Waals surface area contributed by atoms with E-state index in [1.54, 1.807) is 4.52 Å². The molecule has 11 heavy (non-hydrogen) atoms. The van der Waals surface area contributed by atoms with Crippen LogP contribution in [0.5, 0.6) is 0 Å². The fourth-order valence-electron chi connectivity index (χ4n) is 0.868. The van der Waals surface area contributed by atoms with E-state index in [2.05, 4.69) is 32.7 Å². The van der Waals surface area contributed by atoms with Gasteiger partial charge in [-0.25, -0.2) is 9.50 Å². The van der Waals surface area contributed by atoms with Crippen molar-refractivity contribution in [2.24, 2.45) is 0 Å². The molecule has 0 N–H and O–H groups in total. The predicted octanol–water partition coefficient (Wildman–Crippen LogP) is 1.99. The first-order valence-corrected chi connectivity index (χ1v) is 4.37. The minimum Gasteiger partial charge on any atom is -0.235 e. The first-order valence-electron chi connectivity index (χ1n) is 2.92. The molecule has 0 saturated heterocycles. The third-order valence-electron chi connectivity index (χ3n) is 1.33. The van der Waals surface area contributed by atoms with Crippen molar-refractivity contribution in [1.82, 2.24) is 14.6 Å². The van der Waals surface area contributed by atoms with Gasteiger partial charge in [-0.1, -0.05) is 11.6 Å². The molecule has 0 aliphatic heterocycles. The fraction of sp³-hybridized carbons (Fsp3) is 0. The Labute approximate surface area is 81.5 Å². The van der Waals surface area contributed by atoms with E-state index < -0.39 is 0 Å². The molecule has 0 amide bonds. The second kappa shape index (κ2) is 2.60. The minimum absolute atomic E-state index is 0.489. The Hall–Kier alpha value is -0.360. The van der Waals surface area contributed by atoms with E-state index in [0.29, 0.717) is 5.15 Å². The molecule has 0 unspecified atom stereocenters. The largest absolute Gasteiger partial charge is 0.235 e. The summed E-state index contributed by atoms with van der Waals surface area (Å²) < 4.78 is 2.81. The van der Waals surface area contributed by atoms with Crippen LogP contribution in [0.4, 0.5) is 0 Å². The predicted molar refractivity (Wildman–Crippen MR) is 50.7 cm³/mol. The Morgan fingerprint density at radius 1 is 1.55 bits per heavy atom. The Bertz CT molecular complexity index is 398. The smallest absolute Gasteiger partial charge is 0.156 e. The van der Waals surface area contributed by atoms with Gasteiger partial charge in [-0.3, -0.25) is 0 Å². The highest BCUT2D eigenvalue weighted by molar-refractivity contribution is 14.1. The average molecular weight is 279 g/mol. The van der Waals surface area contributed by atoms with Gasteiger partial charge in [-0.15, -0.1) is 0 Å². The van der Waals surface area contributed by atoms with Crippen molar-refractivity contribution in [2.45, 2.75) is 0 Å². The van der Waals surface area contributed by atoms with Gasteiger partial charge in [-0.2, -0.15) is 5.10 Å². The lowest BCUT2D eigenvalue weighted by atomic mass is 10.5. The van der Waals surface area contributed by atoms with Gasteiger partial charge in [-0.05, 0) is 28.7 Å². The number of halogens is 2.